The third-order valence-corrected chi connectivity index (χ3v) is 2.34. The van der Waals surface area contributed by atoms with E-state index in [9.17, 15) is 10.1 Å². The second-order valence-electron chi connectivity index (χ2n) is 3.67. The van der Waals surface area contributed by atoms with Gasteiger partial charge in [-0.1, -0.05) is 0 Å². The Bertz CT molecular complexity index is 610. The van der Waals surface area contributed by atoms with E-state index in [0.29, 0.717) is 0 Å². The summed E-state index contributed by atoms with van der Waals surface area (Å²) < 4.78 is 5.04. The van der Waals surface area contributed by atoms with Gasteiger partial charge in [0.05, 0.1) is 18.2 Å². The summed E-state index contributed by atoms with van der Waals surface area (Å²) in [5, 5.41) is 14.4. The Hall–Kier alpha value is -3.03. The minimum Gasteiger partial charge on any atom is -0.497 e. The largest absolute Gasteiger partial charge is 0.497 e. The van der Waals surface area contributed by atoms with E-state index < -0.39 is 4.92 Å². The third-order valence-electron chi connectivity index (χ3n) is 2.34. The molecule has 0 atom stereocenters. The van der Waals surface area contributed by atoms with Crippen molar-refractivity contribution in [2.45, 2.75) is 0 Å². The summed E-state index contributed by atoms with van der Waals surface area (Å²) in [6.45, 7) is 0. The zero-order valence-electron chi connectivity index (χ0n) is 10.6. The Morgan fingerprint density at radius 3 is 2.50 bits per heavy atom. The van der Waals surface area contributed by atoms with Crippen LogP contribution >= 0.6 is 0 Å². The van der Waals surface area contributed by atoms with Crippen LogP contribution in [0.15, 0.2) is 41.8 Å². The van der Waals surface area contributed by atoms with Gasteiger partial charge in [0.25, 0.3) is 0 Å². The second kappa shape index (κ2) is 6.23. The summed E-state index contributed by atoms with van der Waals surface area (Å²) in [6.07, 6.45) is 3.79. The molecule has 8 nitrogen and oxygen atoms in total. The highest BCUT2D eigenvalue weighted by Gasteiger charge is 2.05. The molecule has 102 valence electrons. The van der Waals surface area contributed by atoms with Crippen LogP contribution in [-0.4, -0.2) is 28.2 Å². The average Bonchev–Trinajstić information content (AvgIpc) is 2.48. The average molecular weight is 273 g/mol. The molecule has 20 heavy (non-hydrogen) atoms. The number of ether oxygens (including phenoxy) is 1. The molecule has 1 aromatic carbocycles. The fourth-order valence-corrected chi connectivity index (χ4v) is 1.33. The molecular weight excluding hydrogens is 262 g/mol. The van der Waals surface area contributed by atoms with Crippen LogP contribution < -0.4 is 10.2 Å². The van der Waals surface area contributed by atoms with Crippen molar-refractivity contribution in [3.05, 3.63) is 52.3 Å². The van der Waals surface area contributed by atoms with Crippen molar-refractivity contribution < 1.29 is 9.66 Å². The Morgan fingerprint density at radius 1 is 1.30 bits per heavy atom. The zero-order chi connectivity index (χ0) is 14.4. The first kappa shape index (κ1) is 13.4. The summed E-state index contributed by atoms with van der Waals surface area (Å²) >= 11 is 0. The topological polar surface area (TPSA) is 103 Å². The number of aromatic nitrogens is 2. The smallest absolute Gasteiger partial charge is 0.305 e. The van der Waals surface area contributed by atoms with Crippen molar-refractivity contribution in [1.29, 1.82) is 0 Å². The maximum atomic E-state index is 10.4. The van der Waals surface area contributed by atoms with E-state index in [-0.39, 0.29) is 11.6 Å². The number of anilines is 1. The molecule has 8 heteroatoms. The van der Waals surface area contributed by atoms with Gasteiger partial charge in [-0.25, -0.2) is 15.4 Å². The van der Waals surface area contributed by atoms with Crippen LogP contribution in [0.25, 0.3) is 0 Å². The van der Waals surface area contributed by atoms with E-state index in [1.807, 2.05) is 24.3 Å². The molecule has 0 unspecified atom stereocenters. The van der Waals surface area contributed by atoms with Crippen molar-refractivity contribution in [3.63, 3.8) is 0 Å². The second-order valence-corrected chi connectivity index (χ2v) is 3.67. The van der Waals surface area contributed by atoms with Gasteiger partial charge < -0.3 is 4.74 Å². The first-order valence-corrected chi connectivity index (χ1v) is 5.58. The van der Waals surface area contributed by atoms with Gasteiger partial charge in [0.15, 0.2) is 0 Å². The highest BCUT2D eigenvalue weighted by molar-refractivity contribution is 5.80. The van der Waals surface area contributed by atoms with E-state index >= 15 is 0 Å². The lowest BCUT2D eigenvalue weighted by Crippen LogP contribution is -1.98. The summed E-state index contributed by atoms with van der Waals surface area (Å²) in [5.74, 6) is 0.939. The number of nitro groups is 1. The highest BCUT2D eigenvalue weighted by Crippen LogP contribution is 2.10. The van der Waals surface area contributed by atoms with E-state index in [1.54, 1.807) is 13.3 Å². The lowest BCUT2D eigenvalue weighted by atomic mass is 10.2. The third kappa shape index (κ3) is 3.48. The normalized spacial score (nSPS) is 10.4. The van der Waals surface area contributed by atoms with Gasteiger partial charge in [-0.3, -0.25) is 10.1 Å². The van der Waals surface area contributed by atoms with Crippen LogP contribution in [0.2, 0.25) is 0 Å². The lowest BCUT2D eigenvalue weighted by Gasteiger charge is -1.99. The van der Waals surface area contributed by atoms with Gasteiger partial charge in [-0.2, -0.15) is 5.10 Å². The number of nitrogens with one attached hydrogen (secondary N) is 1. The number of hydrazone groups is 1. The Kier molecular flexibility index (Phi) is 4.17. The van der Waals surface area contributed by atoms with E-state index in [1.165, 1.54) is 0 Å². The van der Waals surface area contributed by atoms with E-state index in [2.05, 4.69) is 20.5 Å². The van der Waals surface area contributed by atoms with Crippen LogP contribution in [0.1, 0.15) is 5.56 Å². The molecule has 0 saturated carbocycles. The van der Waals surface area contributed by atoms with E-state index in [4.69, 9.17) is 4.74 Å². The summed E-state index contributed by atoms with van der Waals surface area (Å²) in [4.78, 5) is 17.4. The standard InChI is InChI=1S/C12H11N5O3/c1-20-11-4-2-9(3-5-11)6-15-16-12-13-7-10(8-14-12)17(18)19/h2-8H,1H3,(H,13,14,16). The molecule has 0 spiro atoms. The van der Waals surface area contributed by atoms with Gasteiger partial charge in [0, 0.05) is 0 Å². The van der Waals surface area contributed by atoms with Crippen LogP contribution in [0.4, 0.5) is 11.6 Å². The molecule has 0 aliphatic rings. The fraction of sp³-hybridized carbons (Fsp3) is 0.0833. The van der Waals surface area contributed by atoms with Crippen LogP contribution in [0.3, 0.4) is 0 Å². The SMILES string of the molecule is COc1ccc(C=NNc2ncc([N+](=O)[O-])cn2)cc1. The Balaban J connectivity index is 1.96. The van der Waals surface area contributed by atoms with Crippen LogP contribution in [-0.2, 0) is 0 Å². The van der Waals surface area contributed by atoms with Crippen LogP contribution in [0, 0.1) is 10.1 Å². The minimum absolute atomic E-state index is 0.172. The lowest BCUT2D eigenvalue weighted by molar-refractivity contribution is -0.385. The molecule has 0 amide bonds. The number of nitrogens with zero attached hydrogens (tertiary/aromatic N) is 4. The number of benzene rings is 1. The summed E-state index contributed by atoms with van der Waals surface area (Å²) in [7, 11) is 1.59. The number of rotatable bonds is 5. The molecule has 0 aliphatic heterocycles. The van der Waals surface area contributed by atoms with Gasteiger partial charge in [0.1, 0.15) is 18.1 Å². The molecule has 2 aromatic rings. The number of methoxy groups -OCH3 is 1. The summed E-state index contributed by atoms with van der Waals surface area (Å²) in [5.41, 5.74) is 3.27. The minimum atomic E-state index is -0.565. The van der Waals surface area contributed by atoms with Crippen molar-refractivity contribution >= 4 is 17.9 Å². The van der Waals surface area contributed by atoms with Gasteiger partial charge in [-0.15, -0.1) is 0 Å². The van der Waals surface area contributed by atoms with E-state index in [0.717, 1.165) is 23.7 Å². The Labute approximate surface area is 114 Å². The van der Waals surface area contributed by atoms with Gasteiger partial charge in [-0.05, 0) is 29.8 Å². The van der Waals surface area contributed by atoms with Gasteiger partial charge in [0.2, 0.25) is 5.95 Å². The molecular formula is C12H11N5O3. The predicted octanol–water partition coefficient (Wildman–Crippen LogP) is 1.84. The maximum Gasteiger partial charge on any atom is 0.305 e. The fourth-order valence-electron chi connectivity index (χ4n) is 1.33. The molecule has 0 saturated heterocycles. The molecule has 0 fully saturated rings. The molecule has 1 N–H and O–H groups in total. The highest BCUT2D eigenvalue weighted by atomic mass is 16.6. The van der Waals surface area contributed by atoms with Crippen molar-refractivity contribution in [1.82, 2.24) is 9.97 Å². The first-order chi connectivity index (χ1) is 9.69. The molecule has 0 aliphatic carbocycles. The molecule has 0 bridgehead atoms. The molecule has 2 rings (SSSR count). The first-order valence-electron chi connectivity index (χ1n) is 5.58. The monoisotopic (exact) mass is 273 g/mol. The maximum absolute atomic E-state index is 10.4. The van der Waals surface area contributed by atoms with Crippen molar-refractivity contribution in [2.24, 2.45) is 5.10 Å². The van der Waals surface area contributed by atoms with Crippen LogP contribution in [0.5, 0.6) is 5.75 Å². The summed E-state index contributed by atoms with van der Waals surface area (Å²) in [6, 6.07) is 7.29. The molecule has 0 radical (unpaired) electrons. The zero-order valence-corrected chi connectivity index (χ0v) is 10.6. The number of hydrogen-bond acceptors (Lipinski definition) is 7. The van der Waals surface area contributed by atoms with Crippen molar-refractivity contribution in [2.75, 3.05) is 12.5 Å². The molecule has 1 heterocycles. The quantitative estimate of drug-likeness (QED) is 0.506. The van der Waals surface area contributed by atoms with Crippen molar-refractivity contribution in [3.8, 4) is 5.75 Å². The van der Waals surface area contributed by atoms with Gasteiger partial charge >= 0.3 is 5.69 Å². The molecule has 1 aromatic heterocycles. The number of hydrogen-bond donors (Lipinski definition) is 1. The Morgan fingerprint density at radius 2 is 1.95 bits per heavy atom. The predicted molar refractivity (Wildman–Crippen MR) is 72.9 cm³/mol.